The first-order chi connectivity index (χ1) is 20.7. The van der Waals surface area contributed by atoms with Gasteiger partial charge in [-0.3, -0.25) is 9.59 Å². The van der Waals surface area contributed by atoms with Gasteiger partial charge in [-0.1, -0.05) is 50.5 Å². The second-order valence-corrected chi connectivity index (χ2v) is 12.7. The highest BCUT2D eigenvalue weighted by atomic mass is 32.1. The highest BCUT2D eigenvalue weighted by Crippen LogP contribution is 2.43. The molecule has 1 aliphatic carbocycles. The van der Waals surface area contributed by atoms with Crippen molar-refractivity contribution in [3.8, 4) is 21.7 Å². The highest BCUT2D eigenvalue weighted by Gasteiger charge is 2.24. The van der Waals surface area contributed by atoms with Crippen LogP contribution in [0.15, 0.2) is 48.5 Å². The molecule has 3 N–H and O–H groups in total. The van der Waals surface area contributed by atoms with Crippen molar-refractivity contribution in [1.82, 2.24) is 15.3 Å². The van der Waals surface area contributed by atoms with Gasteiger partial charge in [0.2, 0.25) is 5.91 Å². The number of aromatic nitrogens is 2. The fraction of sp³-hybridized carbons (Fsp3) is 0.371. The van der Waals surface area contributed by atoms with Crippen LogP contribution in [-0.2, 0) is 9.59 Å². The third-order valence-corrected chi connectivity index (χ3v) is 9.35. The van der Waals surface area contributed by atoms with E-state index in [0.29, 0.717) is 5.92 Å². The molecule has 43 heavy (non-hydrogen) atoms. The predicted molar refractivity (Wildman–Crippen MR) is 173 cm³/mol. The molecule has 5 rings (SSSR count). The van der Waals surface area contributed by atoms with Crippen molar-refractivity contribution < 1.29 is 19.8 Å². The average molecular weight is 598 g/mol. The average Bonchev–Trinajstić information content (AvgIpc) is 3.35. The summed E-state index contributed by atoms with van der Waals surface area (Å²) in [5, 5.41) is 23.4. The van der Waals surface area contributed by atoms with Gasteiger partial charge in [0.15, 0.2) is 0 Å². The number of aliphatic hydroxyl groups excluding tert-OH is 1. The zero-order valence-corrected chi connectivity index (χ0v) is 25.8. The lowest BCUT2D eigenvalue weighted by Crippen LogP contribution is -2.24. The minimum atomic E-state index is -0.832. The smallest absolute Gasteiger partial charge is 0.303 e. The van der Waals surface area contributed by atoms with Gasteiger partial charge in [-0.05, 0) is 90.6 Å². The summed E-state index contributed by atoms with van der Waals surface area (Å²) in [4.78, 5) is 34.8. The molecular formula is C35H39N3O4S. The van der Waals surface area contributed by atoms with Gasteiger partial charge in [-0.2, -0.15) is 0 Å². The highest BCUT2D eigenvalue weighted by molar-refractivity contribution is 7.15. The Morgan fingerprint density at radius 1 is 1.07 bits per heavy atom. The fourth-order valence-electron chi connectivity index (χ4n) is 6.16. The first kappa shape index (κ1) is 30.6. The SMILES string of the molecule is Cc1nc(C)c(-c2ccc3cc(-c4c(/C=C/C(=O)NCCO)cc(C(C)CC(=O)O)cc4C4CCCCC4)ccc3n2)s1. The Bertz CT molecular complexity index is 1670. The number of thiazole rings is 1. The van der Waals surface area contributed by atoms with E-state index in [4.69, 9.17) is 10.1 Å². The molecule has 1 unspecified atom stereocenters. The summed E-state index contributed by atoms with van der Waals surface area (Å²) in [7, 11) is 0. The summed E-state index contributed by atoms with van der Waals surface area (Å²) in [6.45, 7) is 6.02. The number of hydrogen-bond acceptors (Lipinski definition) is 6. The molecule has 0 bridgehead atoms. The molecule has 2 heterocycles. The number of benzene rings is 2. The number of nitrogens with zero attached hydrogens (tertiary/aromatic N) is 2. The van der Waals surface area contributed by atoms with Crippen LogP contribution in [0.5, 0.6) is 0 Å². The molecule has 2 aromatic carbocycles. The Labute approximate surface area is 256 Å². The number of amides is 1. The van der Waals surface area contributed by atoms with Gasteiger partial charge < -0.3 is 15.5 Å². The van der Waals surface area contributed by atoms with E-state index < -0.39 is 5.97 Å². The number of aliphatic hydroxyl groups is 1. The number of hydrogen-bond donors (Lipinski definition) is 3. The molecular weight excluding hydrogens is 558 g/mol. The van der Waals surface area contributed by atoms with Gasteiger partial charge >= 0.3 is 5.97 Å². The number of rotatable bonds is 10. The lowest BCUT2D eigenvalue weighted by Gasteiger charge is -2.27. The van der Waals surface area contributed by atoms with Gasteiger partial charge in [0.1, 0.15) is 0 Å². The number of pyridine rings is 1. The number of carbonyl (C=O) groups is 2. The second-order valence-electron chi connectivity index (χ2n) is 11.5. The van der Waals surface area contributed by atoms with E-state index in [2.05, 4.69) is 46.7 Å². The van der Waals surface area contributed by atoms with Crippen molar-refractivity contribution in [3.05, 3.63) is 75.9 Å². The standard InChI is InChI=1S/C35H39N3O4S/c1-21(17-33(41)42)28-19-27(11-14-32(40)36-15-16-39)34(29(20-28)24-7-5-4-6-8-24)26-10-12-30-25(18-26)9-13-31(38-30)35-22(2)37-23(3)43-35/h9-14,18-21,24,39H,4-8,15-17H2,1-3H3,(H,36,40)(H,41,42)/b14-11+. The normalized spacial score (nSPS) is 14.8. The van der Waals surface area contributed by atoms with Crippen molar-refractivity contribution in [2.45, 2.75) is 71.1 Å². The summed E-state index contributed by atoms with van der Waals surface area (Å²) in [6, 6.07) is 14.7. The van der Waals surface area contributed by atoms with Gasteiger partial charge in [0.25, 0.3) is 0 Å². The van der Waals surface area contributed by atoms with Gasteiger partial charge in [0.05, 0.1) is 39.8 Å². The molecule has 4 aromatic rings. The minimum absolute atomic E-state index is 0.0341. The molecule has 0 aliphatic heterocycles. The summed E-state index contributed by atoms with van der Waals surface area (Å²) in [6.07, 6.45) is 9.06. The monoisotopic (exact) mass is 597 g/mol. The van der Waals surface area contributed by atoms with Crippen molar-refractivity contribution in [2.75, 3.05) is 13.2 Å². The van der Waals surface area contributed by atoms with E-state index in [-0.39, 0.29) is 31.4 Å². The van der Waals surface area contributed by atoms with E-state index >= 15 is 0 Å². The molecule has 7 nitrogen and oxygen atoms in total. The third kappa shape index (κ3) is 7.20. The Hall–Kier alpha value is -3.88. The lowest BCUT2D eigenvalue weighted by molar-refractivity contribution is -0.137. The first-order valence-electron chi connectivity index (χ1n) is 15.1. The van der Waals surface area contributed by atoms with Crippen LogP contribution < -0.4 is 5.32 Å². The Morgan fingerprint density at radius 3 is 2.56 bits per heavy atom. The molecule has 1 fully saturated rings. The first-order valence-corrected chi connectivity index (χ1v) is 15.9. The van der Waals surface area contributed by atoms with E-state index in [1.807, 2.05) is 32.9 Å². The minimum Gasteiger partial charge on any atom is -0.481 e. The molecule has 2 aromatic heterocycles. The summed E-state index contributed by atoms with van der Waals surface area (Å²) >= 11 is 1.65. The van der Waals surface area contributed by atoms with Crippen molar-refractivity contribution in [1.29, 1.82) is 0 Å². The van der Waals surface area contributed by atoms with Gasteiger partial charge in [-0.15, -0.1) is 11.3 Å². The molecule has 1 saturated carbocycles. The van der Waals surface area contributed by atoms with Crippen LogP contribution in [0.4, 0.5) is 0 Å². The summed E-state index contributed by atoms with van der Waals surface area (Å²) in [5.41, 5.74) is 7.98. The quantitative estimate of drug-likeness (QED) is 0.164. The van der Waals surface area contributed by atoms with E-state index in [1.54, 1.807) is 11.3 Å². The maximum Gasteiger partial charge on any atom is 0.303 e. The van der Waals surface area contributed by atoms with Crippen LogP contribution in [0.3, 0.4) is 0 Å². The number of carbonyl (C=O) groups excluding carboxylic acids is 1. The van der Waals surface area contributed by atoms with Crippen LogP contribution in [0.25, 0.3) is 38.7 Å². The van der Waals surface area contributed by atoms with Crippen molar-refractivity contribution in [2.24, 2.45) is 0 Å². The zero-order chi connectivity index (χ0) is 30.5. The predicted octanol–water partition coefficient (Wildman–Crippen LogP) is 7.39. The molecule has 1 aliphatic rings. The third-order valence-electron chi connectivity index (χ3n) is 8.26. The van der Waals surface area contributed by atoms with Crippen molar-refractivity contribution >= 4 is 40.2 Å². The van der Waals surface area contributed by atoms with Gasteiger partial charge in [0, 0.05) is 18.0 Å². The fourth-order valence-corrected chi connectivity index (χ4v) is 7.05. The maximum absolute atomic E-state index is 12.5. The zero-order valence-electron chi connectivity index (χ0n) is 25.0. The van der Waals surface area contributed by atoms with Crippen LogP contribution in [0.1, 0.15) is 84.7 Å². The molecule has 0 saturated heterocycles. The number of fused-ring (bicyclic) bond motifs is 1. The number of aryl methyl sites for hydroxylation is 2. The Kier molecular flexibility index (Phi) is 9.68. The molecule has 1 atom stereocenters. The molecule has 0 spiro atoms. The number of carboxylic acids is 1. The Balaban J connectivity index is 1.65. The van der Waals surface area contributed by atoms with Crippen LogP contribution in [0.2, 0.25) is 0 Å². The van der Waals surface area contributed by atoms with E-state index in [9.17, 15) is 14.7 Å². The molecule has 8 heteroatoms. The maximum atomic E-state index is 12.5. The molecule has 1 amide bonds. The van der Waals surface area contributed by atoms with Crippen LogP contribution in [-0.4, -0.2) is 45.2 Å². The van der Waals surface area contributed by atoms with E-state index in [0.717, 1.165) is 80.1 Å². The number of carboxylic acid groups (broad SMARTS) is 1. The summed E-state index contributed by atoms with van der Waals surface area (Å²) < 4.78 is 0. The van der Waals surface area contributed by atoms with E-state index in [1.165, 1.54) is 18.1 Å². The molecule has 0 radical (unpaired) electrons. The number of nitrogens with one attached hydrogen (secondary N) is 1. The lowest BCUT2D eigenvalue weighted by atomic mass is 9.77. The summed E-state index contributed by atoms with van der Waals surface area (Å²) in [5.74, 6) is -0.944. The number of aliphatic carboxylic acids is 1. The molecule has 224 valence electrons. The Morgan fingerprint density at radius 2 is 1.86 bits per heavy atom. The second kappa shape index (κ2) is 13.6. The topological polar surface area (TPSA) is 112 Å². The largest absolute Gasteiger partial charge is 0.481 e. The van der Waals surface area contributed by atoms with Crippen molar-refractivity contribution in [3.63, 3.8) is 0 Å². The van der Waals surface area contributed by atoms with Gasteiger partial charge in [-0.25, -0.2) is 9.97 Å². The van der Waals surface area contributed by atoms with Crippen LogP contribution >= 0.6 is 11.3 Å². The van der Waals surface area contributed by atoms with Crippen LogP contribution in [0, 0.1) is 13.8 Å².